The number of nitrogens with one attached hydrogen (secondary N) is 3. The highest BCUT2D eigenvalue weighted by Crippen LogP contribution is 2.18. The van der Waals surface area contributed by atoms with Gasteiger partial charge in [-0.15, -0.1) is 0 Å². The lowest BCUT2D eigenvalue weighted by Gasteiger charge is -2.28. The Morgan fingerprint density at radius 1 is 1.11 bits per heavy atom. The quantitative estimate of drug-likeness (QED) is 0.626. The Hall–Kier alpha value is -2.61. The van der Waals surface area contributed by atoms with E-state index in [4.69, 9.17) is 0 Å². The van der Waals surface area contributed by atoms with Crippen LogP contribution in [0.15, 0.2) is 24.3 Å². The molecule has 0 unspecified atom stereocenters. The number of likely N-dealkylation sites (tertiary alicyclic amines) is 1. The summed E-state index contributed by atoms with van der Waals surface area (Å²) in [5, 5.41) is 8.08. The largest absolute Gasteiger partial charge is 0.468 e. The van der Waals surface area contributed by atoms with Gasteiger partial charge in [-0.05, 0) is 69.6 Å². The number of methoxy groups -OCH3 is 1. The van der Waals surface area contributed by atoms with Crippen LogP contribution in [0.5, 0.6) is 0 Å². The third kappa shape index (κ3) is 7.26. The van der Waals surface area contributed by atoms with Gasteiger partial charge >= 0.3 is 12.0 Å². The molecule has 1 fully saturated rings. The summed E-state index contributed by atoms with van der Waals surface area (Å²) in [6.45, 7) is 2.70. The first-order valence-electron chi connectivity index (χ1n) is 9.16. The van der Waals surface area contributed by atoms with Crippen molar-refractivity contribution >= 4 is 23.6 Å². The van der Waals surface area contributed by atoms with Crippen molar-refractivity contribution in [3.8, 4) is 0 Å². The summed E-state index contributed by atoms with van der Waals surface area (Å²) in [6.07, 6.45) is 3.35. The first-order chi connectivity index (χ1) is 13.0. The fourth-order valence-electron chi connectivity index (χ4n) is 2.95. The van der Waals surface area contributed by atoms with Crippen molar-refractivity contribution in [3.63, 3.8) is 0 Å². The van der Waals surface area contributed by atoms with Crippen molar-refractivity contribution in [3.05, 3.63) is 29.8 Å². The maximum atomic E-state index is 12.0. The molecule has 0 radical (unpaired) electrons. The molecule has 8 heteroatoms. The van der Waals surface area contributed by atoms with Crippen LogP contribution in [-0.4, -0.2) is 63.1 Å². The van der Waals surface area contributed by atoms with E-state index in [1.54, 1.807) is 24.3 Å². The van der Waals surface area contributed by atoms with Crippen LogP contribution in [0.25, 0.3) is 0 Å². The molecule has 1 aliphatic heterocycles. The summed E-state index contributed by atoms with van der Waals surface area (Å²) >= 11 is 0. The Kier molecular flexibility index (Phi) is 8.06. The van der Waals surface area contributed by atoms with Crippen LogP contribution in [0, 0.1) is 5.92 Å². The van der Waals surface area contributed by atoms with E-state index in [0.29, 0.717) is 23.7 Å². The second kappa shape index (κ2) is 10.5. The first-order valence-corrected chi connectivity index (χ1v) is 9.16. The molecule has 0 aromatic heterocycles. The number of rotatable bonds is 7. The monoisotopic (exact) mass is 376 g/mol. The van der Waals surface area contributed by atoms with Crippen molar-refractivity contribution < 1.29 is 19.1 Å². The third-order valence-corrected chi connectivity index (χ3v) is 4.70. The second-order valence-corrected chi connectivity index (χ2v) is 6.75. The Labute approximate surface area is 159 Å². The topological polar surface area (TPSA) is 99.8 Å². The molecule has 0 aliphatic carbocycles. The zero-order valence-corrected chi connectivity index (χ0v) is 15.9. The van der Waals surface area contributed by atoms with Crippen LogP contribution in [0.1, 0.15) is 29.6 Å². The number of amides is 3. The highest BCUT2D eigenvalue weighted by atomic mass is 16.5. The Bertz CT molecular complexity index is 640. The van der Waals surface area contributed by atoms with E-state index in [0.717, 1.165) is 19.5 Å². The van der Waals surface area contributed by atoms with Crippen molar-refractivity contribution in [1.29, 1.82) is 0 Å². The van der Waals surface area contributed by atoms with E-state index >= 15 is 0 Å². The van der Waals surface area contributed by atoms with Gasteiger partial charge in [0, 0.05) is 17.8 Å². The lowest BCUT2D eigenvalue weighted by molar-refractivity contribution is -0.139. The molecule has 3 N–H and O–H groups in total. The molecule has 0 bridgehead atoms. The van der Waals surface area contributed by atoms with Crippen LogP contribution < -0.4 is 16.0 Å². The molecule has 0 atom stereocenters. The standard InChI is InChI=1S/C19H28N4O4/c1-23-11-8-14(9-12-23)7-10-20-19(26)22-16-5-3-15(4-6-16)18(25)21-13-17(24)27-2/h3-6,14H,7-13H2,1-2H3,(H,21,25)(H2,20,22,26). The molecule has 1 aliphatic rings. The van der Waals surface area contributed by atoms with Crippen LogP contribution >= 0.6 is 0 Å². The highest BCUT2D eigenvalue weighted by Gasteiger charge is 2.16. The molecule has 3 amide bonds. The number of carbonyl (C=O) groups is 3. The molecule has 0 spiro atoms. The molecule has 2 rings (SSSR count). The fraction of sp³-hybridized carbons (Fsp3) is 0.526. The predicted molar refractivity (Wildman–Crippen MR) is 103 cm³/mol. The zero-order valence-electron chi connectivity index (χ0n) is 15.9. The van der Waals surface area contributed by atoms with E-state index in [1.165, 1.54) is 20.0 Å². The van der Waals surface area contributed by atoms with Crippen molar-refractivity contribution in [2.75, 3.05) is 45.7 Å². The molecule has 1 heterocycles. The van der Waals surface area contributed by atoms with Crippen LogP contribution in [0.4, 0.5) is 10.5 Å². The normalized spacial score (nSPS) is 15.0. The van der Waals surface area contributed by atoms with Gasteiger partial charge in [-0.1, -0.05) is 0 Å². The summed E-state index contributed by atoms with van der Waals surface area (Å²) in [5.41, 5.74) is 0.989. The molecule has 8 nitrogen and oxygen atoms in total. The van der Waals surface area contributed by atoms with Gasteiger partial charge in [0.2, 0.25) is 0 Å². The summed E-state index contributed by atoms with van der Waals surface area (Å²) in [7, 11) is 3.39. The van der Waals surface area contributed by atoms with Crippen molar-refractivity contribution in [1.82, 2.24) is 15.5 Å². The van der Waals surface area contributed by atoms with Gasteiger partial charge in [0.05, 0.1) is 7.11 Å². The molecule has 27 heavy (non-hydrogen) atoms. The SMILES string of the molecule is COC(=O)CNC(=O)c1ccc(NC(=O)NCCC2CCN(C)CC2)cc1. The number of hydrogen-bond donors (Lipinski definition) is 3. The van der Waals surface area contributed by atoms with Gasteiger partial charge < -0.3 is 25.6 Å². The molecule has 1 aromatic carbocycles. The predicted octanol–water partition coefficient (Wildman–Crippen LogP) is 1.44. The first kappa shape index (κ1) is 20.7. The van der Waals surface area contributed by atoms with Crippen LogP contribution in [-0.2, 0) is 9.53 Å². The van der Waals surface area contributed by atoms with Gasteiger partial charge in [0.1, 0.15) is 6.54 Å². The Morgan fingerprint density at radius 2 is 1.78 bits per heavy atom. The number of nitrogens with zero attached hydrogens (tertiary/aromatic N) is 1. The maximum Gasteiger partial charge on any atom is 0.325 e. The number of ether oxygens (including phenoxy) is 1. The lowest BCUT2D eigenvalue weighted by Crippen LogP contribution is -2.34. The number of carbonyl (C=O) groups excluding carboxylic acids is 3. The minimum Gasteiger partial charge on any atom is -0.468 e. The zero-order chi connectivity index (χ0) is 19.6. The van der Waals surface area contributed by atoms with E-state index in [2.05, 4.69) is 32.6 Å². The van der Waals surface area contributed by atoms with E-state index < -0.39 is 5.97 Å². The van der Waals surface area contributed by atoms with E-state index in [1.807, 2.05) is 0 Å². The smallest absolute Gasteiger partial charge is 0.325 e. The minimum atomic E-state index is -0.515. The molecule has 1 saturated heterocycles. The molecule has 0 saturated carbocycles. The minimum absolute atomic E-state index is 0.185. The summed E-state index contributed by atoms with van der Waals surface area (Å²) in [5.74, 6) is -0.225. The van der Waals surface area contributed by atoms with Gasteiger partial charge in [0.15, 0.2) is 0 Å². The Morgan fingerprint density at radius 3 is 2.41 bits per heavy atom. The number of hydrogen-bond acceptors (Lipinski definition) is 5. The number of anilines is 1. The van der Waals surface area contributed by atoms with E-state index in [-0.39, 0.29) is 18.5 Å². The van der Waals surface area contributed by atoms with E-state index in [9.17, 15) is 14.4 Å². The van der Waals surface area contributed by atoms with Crippen LogP contribution in [0.3, 0.4) is 0 Å². The number of benzene rings is 1. The summed E-state index contributed by atoms with van der Waals surface area (Å²) < 4.78 is 4.46. The second-order valence-electron chi connectivity index (χ2n) is 6.75. The van der Waals surface area contributed by atoms with Gasteiger partial charge in [-0.3, -0.25) is 9.59 Å². The Balaban J connectivity index is 1.69. The molecular weight excluding hydrogens is 348 g/mol. The third-order valence-electron chi connectivity index (χ3n) is 4.70. The highest BCUT2D eigenvalue weighted by molar-refractivity contribution is 5.96. The fourth-order valence-corrected chi connectivity index (χ4v) is 2.95. The molecule has 1 aromatic rings. The average Bonchev–Trinajstić information content (AvgIpc) is 2.68. The number of urea groups is 1. The maximum absolute atomic E-state index is 12.0. The molecular formula is C19H28N4O4. The van der Waals surface area contributed by atoms with Gasteiger partial charge in [-0.25, -0.2) is 4.79 Å². The van der Waals surface area contributed by atoms with Crippen molar-refractivity contribution in [2.45, 2.75) is 19.3 Å². The molecule has 148 valence electrons. The number of piperidine rings is 1. The number of esters is 1. The summed E-state index contributed by atoms with van der Waals surface area (Å²) in [4.78, 5) is 37.2. The van der Waals surface area contributed by atoms with Crippen LogP contribution in [0.2, 0.25) is 0 Å². The van der Waals surface area contributed by atoms with Crippen molar-refractivity contribution in [2.24, 2.45) is 5.92 Å². The average molecular weight is 376 g/mol. The summed E-state index contributed by atoms with van der Waals surface area (Å²) in [6, 6.07) is 6.19. The van der Waals surface area contributed by atoms with Gasteiger partial charge in [0.25, 0.3) is 5.91 Å². The lowest BCUT2D eigenvalue weighted by atomic mass is 9.94. The van der Waals surface area contributed by atoms with Gasteiger partial charge in [-0.2, -0.15) is 0 Å².